The Balaban J connectivity index is 1.42. The van der Waals surface area contributed by atoms with E-state index in [9.17, 15) is 9.59 Å². The fourth-order valence-electron chi connectivity index (χ4n) is 3.42. The van der Waals surface area contributed by atoms with Crippen LogP contribution < -0.4 is 10.2 Å². The SMILES string of the molecule is O=C1CC(NCCc2c[nH]c3ccc(Cl)cc23)C(=O)N1c1cccc(Cl)c1. The number of aromatic nitrogens is 1. The third-order valence-corrected chi connectivity index (χ3v) is 5.20. The lowest BCUT2D eigenvalue weighted by Crippen LogP contribution is -2.39. The fourth-order valence-corrected chi connectivity index (χ4v) is 3.77. The zero-order chi connectivity index (χ0) is 19.0. The summed E-state index contributed by atoms with van der Waals surface area (Å²) in [5.74, 6) is -0.470. The third kappa shape index (κ3) is 3.58. The van der Waals surface area contributed by atoms with Crippen LogP contribution in [0.4, 0.5) is 5.69 Å². The number of rotatable bonds is 5. The standard InChI is InChI=1S/C20H17Cl2N3O2/c21-13-2-1-3-15(8-13)25-19(26)10-18(20(25)27)23-7-6-12-11-24-17-5-4-14(22)9-16(12)17/h1-5,8-9,11,18,23-24H,6-7,10H2. The van der Waals surface area contributed by atoms with Crippen molar-refractivity contribution in [1.29, 1.82) is 0 Å². The van der Waals surface area contributed by atoms with Gasteiger partial charge in [-0.05, 0) is 48.4 Å². The molecule has 1 aromatic heterocycles. The maximum Gasteiger partial charge on any atom is 0.251 e. The number of nitrogens with one attached hydrogen (secondary N) is 2. The van der Waals surface area contributed by atoms with E-state index in [2.05, 4.69) is 10.3 Å². The summed E-state index contributed by atoms with van der Waals surface area (Å²) in [6.45, 7) is 0.576. The molecule has 0 radical (unpaired) electrons. The number of nitrogens with zero attached hydrogens (tertiary/aromatic N) is 1. The summed E-state index contributed by atoms with van der Waals surface area (Å²) >= 11 is 12.1. The number of hydrogen-bond donors (Lipinski definition) is 2. The van der Waals surface area contributed by atoms with Crippen molar-refractivity contribution in [3.8, 4) is 0 Å². The van der Waals surface area contributed by atoms with Crippen molar-refractivity contribution in [3.63, 3.8) is 0 Å². The van der Waals surface area contributed by atoms with Crippen LogP contribution >= 0.6 is 23.2 Å². The number of aromatic amines is 1. The van der Waals surface area contributed by atoms with Crippen molar-refractivity contribution in [1.82, 2.24) is 10.3 Å². The van der Waals surface area contributed by atoms with Crippen LogP contribution in [-0.4, -0.2) is 29.4 Å². The lowest BCUT2D eigenvalue weighted by molar-refractivity contribution is -0.121. The second-order valence-corrected chi connectivity index (χ2v) is 7.38. The molecule has 0 aliphatic carbocycles. The van der Waals surface area contributed by atoms with Gasteiger partial charge in [-0.3, -0.25) is 9.59 Å². The van der Waals surface area contributed by atoms with Crippen LogP contribution in [0.2, 0.25) is 10.0 Å². The largest absolute Gasteiger partial charge is 0.361 e. The summed E-state index contributed by atoms with van der Waals surface area (Å²) in [5, 5.41) is 5.44. The highest BCUT2D eigenvalue weighted by atomic mass is 35.5. The van der Waals surface area contributed by atoms with Gasteiger partial charge in [0.05, 0.1) is 18.2 Å². The highest BCUT2D eigenvalue weighted by Gasteiger charge is 2.39. The number of carbonyl (C=O) groups excluding carboxylic acids is 2. The quantitative estimate of drug-likeness (QED) is 0.636. The molecule has 1 saturated heterocycles. The number of imide groups is 1. The molecule has 1 fully saturated rings. The van der Waals surface area contributed by atoms with Crippen molar-refractivity contribution in [2.24, 2.45) is 0 Å². The van der Waals surface area contributed by atoms with Gasteiger partial charge >= 0.3 is 0 Å². The molecule has 138 valence electrons. The van der Waals surface area contributed by atoms with Gasteiger partial charge in [0.2, 0.25) is 5.91 Å². The van der Waals surface area contributed by atoms with E-state index in [-0.39, 0.29) is 18.2 Å². The molecule has 1 atom stereocenters. The van der Waals surface area contributed by atoms with Crippen molar-refractivity contribution in [2.75, 3.05) is 11.4 Å². The predicted molar refractivity (Wildman–Crippen MR) is 107 cm³/mol. The van der Waals surface area contributed by atoms with Crippen molar-refractivity contribution in [2.45, 2.75) is 18.9 Å². The molecule has 4 rings (SSSR count). The summed E-state index contributed by atoms with van der Waals surface area (Å²) in [6.07, 6.45) is 2.81. The van der Waals surface area contributed by atoms with Crippen molar-refractivity contribution >= 4 is 51.6 Å². The Morgan fingerprint density at radius 1 is 1.11 bits per heavy atom. The molecule has 7 heteroatoms. The summed E-state index contributed by atoms with van der Waals surface area (Å²) in [4.78, 5) is 29.4. The van der Waals surface area contributed by atoms with Gasteiger partial charge in [0, 0.05) is 33.7 Å². The molecule has 2 heterocycles. The number of amides is 2. The molecule has 5 nitrogen and oxygen atoms in total. The number of hydrogen-bond acceptors (Lipinski definition) is 3. The van der Waals surface area contributed by atoms with Crippen LogP contribution in [0, 0.1) is 0 Å². The fraction of sp³-hybridized carbons (Fsp3) is 0.200. The van der Waals surface area contributed by atoms with Crippen LogP contribution in [0.1, 0.15) is 12.0 Å². The molecule has 2 N–H and O–H groups in total. The first-order chi connectivity index (χ1) is 13.0. The van der Waals surface area contributed by atoms with Crippen LogP contribution in [-0.2, 0) is 16.0 Å². The first-order valence-electron chi connectivity index (χ1n) is 8.64. The maximum absolute atomic E-state index is 12.7. The third-order valence-electron chi connectivity index (χ3n) is 4.73. The second-order valence-electron chi connectivity index (χ2n) is 6.51. The van der Waals surface area contributed by atoms with Crippen LogP contribution in [0.25, 0.3) is 10.9 Å². The molecule has 0 bridgehead atoms. The van der Waals surface area contributed by atoms with E-state index < -0.39 is 6.04 Å². The van der Waals surface area contributed by atoms with Gasteiger partial charge in [-0.15, -0.1) is 0 Å². The molecular weight excluding hydrogens is 385 g/mol. The molecule has 0 saturated carbocycles. The normalized spacial score (nSPS) is 17.3. The second kappa shape index (κ2) is 7.35. The Kier molecular flexibility index (Phi) is 4.91. The minimum absolute atomic E-state index is 0.144. The first-order valence-corrected chi connectivity index (χ1v) is 9.40. The molecule has 2 aromatic carbocycles. The summed E-state index contributed by atoms with van der Waals surface area (Å²) in [7, 11) is 0. The zero-order valence-electron chi connectivity index (χ0n) is 14.3. The van der Waals surface area contributed by atoms with Gasteiger partial charge in [0.1, 0.15) is 0 Å². The monoisotopic (exact) mass is 401 g/mol. The minimum atomic E-state index is -0.523. The van der Waals surface area contributed by atoms with Gasteiger partial charge in [-0.1, -0.05) is 29.3 Å². The van der Waals surface area contributed by atoms with E-state index >= 15 is 0 Å². The predicted octanol–water partition coefficient (Wildman–Crippen LogP) is 3.94. The number of fused-ring (bicyclic) bond motifs is 1. The van der Waals surface area contributed by atoms with Gasteiger partial charge in [-0.2, -0.15) is 0 Å². The van der Waals surface area contributed by atoms with Crippen LogP contribution in [0.5, 0.6) is 0 Å². The molecule has 1 aliphatic heterocycles. The number of H-pyrrole nitrogens is 1. The highest BCUT2D eigenvalue weighted by Crippen LogP contribution is 2.26. The van der Waals surface area contributed by atoms with Crippen molar-refractivity contribution < 1.29 is 9.59 Å². The first kappa shape index (κ1) is 18.0. The van der Waals surface area contributed by atoms with E-state index in [1.807, 2.05) is 24.4 Å². The Morgan fingerprint density at radius 2 is 1.93 bits per heavy atom. The minimum Gasteiger partial charge on any atom is -0.361 e. The Labute approximate surface area is 166 Å². The maximum atomic E-state index is 12.7. The summed E-state index contributed by atoms with van der Waals surface area (Å²) < 4.78 is 0. The van der Waals surface area contributed by atoms with E-state index in [0.29, 0.717) is 22.3 Å². The van der Waals surface area contributed by atoms with E-state index in [1.54, 1.807) is 24.3 Å². The molecular formula is C20H17Cl2N3O2. The van der Waals surface area contributed by atoms with E-state index in [1.165, 1.54) is 4.90 Å². The number of halogens is 2. The average Bonchev–Trinajstić information content (AvgIpc) is 3.15. The highest BCUT2D eigenvalue weighted by molar-refractivity contribution is 6.31. The van der Waals surface area contributed by atoms with Gasteiger partial charge < -0.3 is 10.3 Å². The zero-order valence-corrected chi connectivity index (χ0v) is 15.8. The van der Waals surface area contributed by atoms with Crippen molar-refractivity contribution in [3.05, 3.63) is 64.3 Å². The lowest BCUT2D eigenvalue weighted by atomic mass is 10.1. The smallest absolute Gasteiger partial charge is 0.251 e. The molecule has 2 amide bonds. The summed E-state index contributed by atoms with van der Waals surface area (Å²) in [6, 6.07) is 11.9. The Hall–Kier alpha value is -2.34. The molecule has 27 heavy (non-hydrogen) atoms. The van der Waals surface area contributed by atoms with E-state index in [0.717, 1.165) is 22.9 Å². The lowest BCUT2D eigenvalue weighted by Gasteiger charge is -2.15. The molecule has 1 unspecified atom stereocenters. The van der Waals surface area contributed by atoms with Gasteiger partial charge in [0.15, 0.2) is 0 Å². The molecule has 0 spiro atoms. The number of anilines is 1. The molecule has 1 aliphatic rings. The number of carbonyl (C=O) groups is 2. The van der Waals surface area contributed by atoms with Crippen LogP contribution in [0.3, 0.4) is 0 Å². The Bertz CT molecular complexity index is 1030. The van der Waals surface area contributed by atoms with Gasteiger partial charge in [-0.25, -0.2) is 4.90 Å². The van der Waals surface area contributed by atoms with E-state index in [4.69, 9.17) is 23.2 Å². The average molecular weight is 402 g/mol. The molecule has 3 aromatic rings. The Morgan fingerprint density at radius 3 is 2.74 bits per heavy atom. The number of benzene rings is 2. The topological polar surface area (TPSA) is 65.2 Å². The van der Waals surface area contributed by atoms with Gasteiger partial charge in [0.25, 0.3) is 5.91 Å². The van der Waals surface area contributed by atoms with Crippen LogP contribution in [0.15, 0.2) is 48.7 Å². The summed E-state index contributed by atoms with van der Waals surface area (Å²) in [5.41, 5.74) is 2.64.